The van der Waals surface area contributed by atoms with E-state index in [1.807, 2.05) is 0 Å². The van der Waals surface area contributed by atoms with Gasteiger partial charge in [0.2, 0.25) is 0 Å². The average Bonchev–Trinajstić information content (AvgIpc) is 3.38. The zero-order valence-electron chi connectivity index (χ0n) is 11.9. The third kappa shape index (κ3) is 2.19. The molecule has 3 fully saturated rings. The summed E-state index contributed by atoms with van der Waals surface area (Å²) in [5.74, 6) is 0. The molecule has 6 heteroatoms. The Labute approximate surface area is 123 Å². The van der Waals surface area contributed by atoms with Crippen LogP contribution in [0.25, 0.3) is 0 Å². The molecule has 0 bridgehead atoms. The first kappa shape index (κ1) is 13.6. The van der Waals surface area contributed by atoms with Gasteiger partial charge in [-0.05, 0) is 33.4 Å². The number of ether oxygens (including phenoxy) is 3. The van der Waals surface area contributed by atoms with E-state index in [4.69, 9.17) is 31.4 Å². The molecular weight excluding hydrogens is 270 g/mol. The van der Waals surface area contributed by atoms with Gasteiger partial charge in [-0.2, -0.15) is 0 Å². The van der Waals surface area contributed by atoms with Gasteiger partial charge >= 0.3 is 0 Å². The highest BCUT2D eigenvalue weighted by molar-refractivity contribution is 5.56. The molecule has 0 radical (unpaired) electrons. The Kier molecular flexibility index (Phi) is 3.25. The molecule has 3 atom stereocenters. The Balaban J connectivity index is 2.00. The summed E-state index contributed by atoms with van der Waals surface area (Å²) in [5.41, 5.74) is 25.0. The molecule has 6 nitrogen and oxygen atoms in total. The number of hydrogen-bond acceptors (Lipinski definition) is 6. The second-order valence-corrected chi connectivity index (χ2v) is 5.75. The van der Waals surface area contributed by atoms with Crippen LogP contribution in [-0.2, 0) is 33.8 Å². The molecule has 0 aromatic heterocycles. The number of rotatable bonds is 6. The fourth-order valence-corrected chi connectivity index (χ4v) is 3.45. The van der Waals surface area contributed by atoms with Gasteiger partial charge in [0.1, 0.15) is 18.3 Å². The standard InChI is InChI=1S/C15H21N3O3/c16-1-7-13(10-4-19-10)8(2-17)15(12-6-21-12)9(3-18)14(7)11-5-20-11/h10-12H,1-6,16-18H2. The van der Waals surface area contributed by atoms with Crippen LogP contribution in [0.15, 0.2) is 0 Å². The van der Waals surface area contributed by atoms with Gasteiger partial charge in [0.05, 0.1) is 19.8 Å². The van der Waals surface area contributed by atoms with E-state index in [0.717, 1.165) is 53.2 Å². The number of hydrogen-bond donors (Lipinski definition) is 3. The van der Waals surface area contributed by atoms with E-state index >= 15 is 0 Å². The van der Waals surface area contributed by atoms with Crippen molar-refractivity contribution < 1.29 is 14.2 Å². The van der Waals surface area contributed by atoms with Gasteiger partial charge in [-0.25, -0.2) is 0 Å². The lowest BCUT2D eigenvalue weighted by Gasteiger charge is -2.23. The van der Waals surface area contributed by atoms with Gasteiger partial charge in [0, 0.05) is 19.6 Å². The van der Waals surface area contributed by atoms with Gasteiger partial charge in [-0.15, -0.1) is 0 Å². The van der Waals surface area contributed by atoms with E-state index in [-0.39, 0.29) is 18.3 Å². The summed E-state index contributed by atoms with van der Waals surface area (Å²) in [6.45, 7) is 3.57. The molecule has 0 saturated carbocycles. The Morgan fingerprint density at radius 2 is 0.857 bits per heavy atom. The van der Waals surface area contributed by atoms with Crippen LogP contribution in [0.4, 0.5) is 0 Å². The molecule has 3 aliphatic rings. The largest absolute Gasteiger partial charge is 0.368 e. The zero-order valence-corrected chi connectivity index (χ0v) is 11.9. The maximum atomic E-state index is 6.05. The predicted molar refractivity (Wildman–Crippen MR) is 76.2 cm³/mol. The summed E-state index contributed by atoms with van der Waals surface area (Å²) in [7, 11) is 0. The minimum absolute atomic E-state index is 0.115. The smallest absolute Gasteiger partial charge is 0.107 e. The highest BCUT2D eigenvalue weighted by Crippen LogP contribution is 2.48. The van der Waals surface area contributed by atoms with E-state index in [1.54, 1.807) is 0 Å². The molecule has 1 aromatic carbocycles. The molecule has 3 saturated heterocycles. The van der Waals surface area contributed by atoms with Crippen LogP contribution in [0.1, 0.15) is 51.7 Å². The monoisotopic (exact) mass is 291 g/mol. The van der Waals surface area contributed by atoms with E-state index in [2.05, 4.69) is 0 Å². The fourth-order valence-electron chi connectivity index (χ4n) is 3.45. The van der Waals surface area contributed by atoms with Crippen LogP contribution in [0, 0.1) is 0 Å². The quantitative estimate of drug-likeness (QED) is 0.648. The van der Waals surface area contributed by atoms with Crippen molar-refractivity contribution in [2.75, 3.05) is 19.8 Å². The highest BCUT2D eigenvalue weighted by Gasteiger charge is 2.41. The van der Waals surface area contributed by atoms with Crippen molar-refractivity contribution >= 4 is 0 Å². The van der Waals surface area contributed by atoms with Crippen LogP contribution in [-0.4, -0.2) is 19.8 Å². The fraction of sp³-hybridized carbons (Fsp3) is 0.600. The van der Waals surface area contributed by atoms with E-state index < -0.39 is 0 Å². The lowest BCUT2D eigenvalue weighted by molar-refractivity contribution is 0.399. The summed E-state index contributed by atoms with van der Waals surface area (Å²) in [6, 6.07) is 0. The number of nitrogens with two attached hydrogens (primary N) is 3. The van der Waals surface area contributed by atoms with Gasteiger partial charge in [0.25, 0.3) is 0 Å². The Morgan fingerprint density at radius 1 is 0.619 bits per heavy atom. The minimum Gasteiger partial charge on any atom is -0.368 e. The molecule has 3 unspecified atom stereocenters. The first-order valence-corrected chi connectivity index (χ1v) is 7.45. The second-order valence-electron chi connectivity index (χ2n) is 5.75. The first-order chi connectivity index (χ1) is 10.3. The summed E-state index contributed by atoms with van der Waals surface area (Å²) in [5, 5.41) is 0. The van der Waals surface area contributed by atoms with Crippen LogP contribution < -0.4 is 17.2 Å². The van der Waals surface area contributed by atoms with E-state index in [1.165, 1.54) is 0 Å². The first-order valence-electron chi connectivity index (χ1n) is 7.45. The van der Waals surface area contributed by atoms with Crippen LogP contribution in [0.5, 0.6) is 0 Å². The van der Waals surface area contributed by atoms with E-state index in [9.17, 15) is 0 Å². The Bertz CT molecular complexity index is 476. The summed E-state index contributed by atoms with van der Waals surface area (Å²) < 4.78 is 16.6. The molecule has 3 heterocycles. The van der Waals surface area contributed by atoms with Crippen molar-refractivity contribution in [1.82, 2.24) is 0 Å². The average molecular weight is 291 g/mol. The Morgan fingerprint density at radius 3 is 1.00 bits per heavy atom. The molecule has 6 N–H and O–H groups in total. The SMILES string of the molecule is NCc1c(C2CO2)c(CN)c(C2CO2)c(CN)c1C1CO1. The molecule has 4 rings (SSSR count). The molecular formula is C15H21N3O3. The third-order valence-corrected chi connectivity index (χ3v) is 4.53. The van der Waals surface area contributed by atoms with Crippen molar-refractivity contribution in [3.63, 3.8) is 0 Å². The van der Waals surface area contributed by atoms with Gasteiger partial charge in [-0.1, -0.05) is 0 Å². The van der Waals surface area contributed by atoms with Gasteiger partial charge < -0.3 is 31.4 Å². The Hall–Kier alpha value is -1.02. The lowest BCUT2D eigenvalue weighted by atomic mass is 9.82. The number of epoxide rings is 3. The molecule has 0 aliphatic carbocycles. The van der Waals surface area contributed by atoms with Crippen molar-refractivity contribution in [2.24, 2.45) is 17.2 Å². The molecule has 0 spiro atoms. The molecule has 3 aliphatic heterocycles. The lowest BCUT2D eigenvalue weighted by Crippen LogP contribution is -2.19. The van der Waals surface area contributed by atoms with Crippen molar-refractivity contribution in [1.29, 1.82) is 0 Å². The summed E-state index contributed by atoms with van der Waals surface area (Å²) >= 11 is 0. The predicted octanol–water partition coefficient (Wildman–Crippen LogP) is 0.277. The zero-order chi connectivity index (χ0) is 14.6. The molecule has 114 valence electrons. The maximum Gasteiger partial charge on any atom is 0.107 e. The van der Waals surface area contributed by atoms with Crippen LogP contribution in [0.2, 0.25) is 0 Å². The van der Waals surface area contributed by atoms with Gasteiger partial charge in [0.15, 0.2) is 0 Å². The van der Waals surface area contributed by atoms with Crippen molar-refractivity contribution in [3.8, 4) is 0 Å². The summed E-state index contributed by atoms with van der Waals surface area (Å²) in [4.78, 5) is 0. The van der Waals surface area contributed by atoms with Crippen molar-refractivity contribution in [2.45, 2.75) is 37.9 Å². The highest BCUT2D eigenvalue weighted by atomic mass is 16.6. The van der Waals surface area contributed by atoms with E-state index in [0.29, 0.717) is 19.6 Å². The maximum absolute atomic E-state index is 6.05. The van der Waals surface area contributed by atoms with Gasteiger partial charge in [-0.3, -0.25) is 0 Å². The van der Waals surface area contributed by atoms with Crippen molar-refractivity contribution in [3.05, 3.63) is 33.4 Å². The second kappa shape index (κ2) is 5.01. The number of benzene rings is 1. The molecule has 1 aromatic rings. The third-order valence-electron chi connectivity index (χ3n) is 4.53. The van der Waals surface area contributed by atoms with Crippen LogP contribution in [0.3, 0.4) is 0 Å². The normalized spacial score (nSPS) is 29.6. The minimum atomic E-state index is 0.115. The van der Waals surface area contributed by atoms with Crippen LogP contribution >= 0.6 is 0 Å². The molecule has 21 heavy (non-hydrogen) atoms. The topological polar surface area (TPSA) is 116 Å². The summed E-state index contributed by atoms with van der Waals surface area (Å²) in [6.07, 6.45) is 0.344. The molecule has 0 amide bonds.